The quantitative estimate of drug-likeness (QED) is 0.689. The van der Waals surface area contributed by atoms with Gasteiger partial charge in [0, 0.05) is 24.1 Å². The van der Waals surface area contributed by atoms with Gasteiger partial charge in [-0.15, -0.1) is 0 Å². The Bertz CT molecular complexity index is 494. The number of nitrogens with one attached hydrogen (secondary N) is 1. The molecule has 1 aromatic rings. The van der Waals surface area contributed by atoms with Crippen LogP contribution in [0.5, 0.6) is 0 Å². The van der Waals surface area contributed by atoms with Crippen molar-refractivity contribution >= 4 is 0 Å². The van der Waals surface area contributed by atoms with Crippen LogP contribution in [-0.2, 0) is 4.74 Å². The van der Waals surface area contributed by atoms with Gasteiger partial charge in [-0.2, -0.15) is 0 Å². The minimum Gasteiger partial charge on any atom is -0.368 e. The van der Waals surface area contributed by atoms with Crippen LogP contribution in [0, 0.1) is 12.8 Å². The zero-order valence-corrected chi connectivity index (χ0v) is 9.14. The van der Waals surface area contributed by atoms with Crippen molar-refractivity contribution in [1.82, 2.24) is 9.55 Å². The lowest BCUT2D eigenvalue weighted by atomic mass is 10.1. The smallest absolute Gasteiger partial charge is 0.330 e. The Labute approximate surface area is 91.5 Å². The van der Waals surface area contributed by atoms with Gasteiger partial charge < -0.3 is 9.84 Å². The van der Waals surface area contributed by atoms with Crippen LogP contribution in [0.3, 0.4) is 0 Å². The number of aliphatic hydroxyl groups is 1. The average Bonchev–Trinajstić information content (AvgIpc) is 2.53. The topological polar surface area (TPSA) is 84.3 Å². The van der Waals surface area contributed by atoms with E-state index < -0.39 is 23.8 Å². The Morgan fingerprint density at radius 3 is 2.81 bits per heavy atom. The number of hydrogen-bond donors (Lipinski definition) is 2. The maximum atomic E-state index is 11.5. The lowest BCUT2D eigenvalue weighted by Crippen LogP contribution is -2.33. The van der Waals surface area contributed by atoms with Gasteiger partial charge in [0.15, 0.2) is 6.29 Å². The molecule has 2 rings (SSSR count). The van der Waals surface area contributed by atoms with Crippen LogP contribution in [0.4, 0.5) is 0 Å². The van der Waals surface area contributed by atoms with Crippen LogP contribution in [0.15, 0.2) is 15.8 Å². The normalized spacial score (nSPS) is 29.6. The van der Waals surface area contributed by atoms with Crippen LogP contribution >= 0.6 is 0 Å². The fourth-order valence-electron chi connectivity index (χ4n) is 1.76. The molecule has 88 valence electrons. The maximum Gasteiger partial charge on any atom is 0.330 e. The number of aryl methyl sites for hydroxylation is 1. The number of aromatic amines is 1. The van der Waals surface area contributed by atoms with Gasteiger partial charge in [0.25, 0.3) is 5.56 Å². The molecule has 1 aromatic heterocycles. The molecule has 0 bridgehead atoms. The van der Waals surface area contributed by atoms with Gasteiger partial charge >= 0.3 is 5.69 Å². The molecule has 1 saturated heterocycles. The fraction of sp³-hybridized carbons (Fsp3) is 0.600. The third-order valence-corrected chi connectivity index (χ3v) is 2.81. The summed E-state index contributed by atoms with van der Waals surface area (Å²) in [4.78, 5) is 24.9. The first kappa shape index (κ1) is 11.1. The predicted molar refractivity (Wildman–Crippen MR) is 56.0 cm³/mol. The number of aromatic nitrogens is 2. The van der Waals surface area contributed by atoms with Gasteiger partial charge in [-0.25, -0.2) is 4.79 Å². The van der Waals surface area contributed by atoms with E-state index in [0.29, 0.717) is 12.0 Å². The minimum absolute atomic E-state index is 0.0239. The van der Waals surface area contributed by atoms with E-state index in [1.165, 1.54) is 10.8 Å². The third kappa shape index (κ3) is 1.81. The van der Waals surface area contributed by atoms with Gasteiger partial charge in [-0.3, -0.25) is 14.3 Å². The molecule has 16 heavy (non-hydrogen) atoms. The van der Waals surface area contributed by atoms with E-state index in [9.17, 15) is 14.7 Å². The molecule has 1 aliphatic heterocycles. The highest BCUT2D eigenvalue weighted by molar-refractivity contribution is 5.01. The monoisotopic (exact) mass is 226 g/mol. The SMILES string of the molecule is Cc1cn(C2CC(C)C(O)O2)c(=O)[nH]c1=O. The molecule has 6 heteroatoms. The van der Waals surface area contributed by atoms with E-state index in [-0.39, 0.29) is 5.92 Å². The summed E-state index contributed by atoms with van der Waals surface area (Å²) in [6.07, 6.45) is 0.639. The summed E-state index contributed by atoms with van der Waals surface area (Å²) in [5.74, 6) is -0.0239. The molecule has 0 aliphatic carbocycles. The molecule has 1 aliphatic rings. The second-order valence-electron chi connectivity index (χ2n) is 4.17. The molecule has 0 saturated carbocycles. The molecule has 0 spiro atoms. The molecular formula is C10H14N2O4. The third-order valence-electron chi connectivity index (χ3n) is 2.81. The maximum absolute atomic E-state index is 11.5. The largest absolute Gasteiger partial charge is 0.368 e. The summed E-state index contributed by atoms with van der Waals surface area (Å²) in [6, 6.07) is 0. The molecule has 0 aromatic carbocycles. The molecule has 0 amide bonds. The van der Waals surface area contributed by atoms with Crippen molar-refractivity contribution in [3.8, 4) is 0 Å². The fourth-order valence-corrected chi connectivity index (χ4v) is 1.76. The first-order valence-corrected chi connectivity index (χ1v) is 5.14. The summed E-state index contributed by atoms with van der Waals surface area (Å²) in [5, 5.41) is 9.43. The highest BCUT2D eigenvalue weighted by Crippen LogP contribution is 2.30. The second kappa shape index (κ2) is 3.88. The number of aliphatic hydroxyl groups excluding tert-OH is 1. The average molecular weight is 226 g/mol. The number of H-pyrrole nitrogens is 1. The van der Waals surface area contributed by atoms with Gasteiger partial charge in [0.05, 0.1) is 0 Å². The van der Waals surface area contributed by atoms with Crippen LogP contribution in [0.25, 0.3) is 0 Å². The first-order valence-electron chi connectivity index (χ1n) is 5.14. The molecule has 3 atom stereocenters. The molecule has 2 heterocycles. The Morgan fingerprint density at radius 2 is 2.25 bits per heavy atom. The van der Waals surface area contributed by atoms with Crippen molar-refractivity contribution in [2.75, 3.05) is 0 Å². The van der Waals surface area contributed by atoms with Crippen LogP contribution in [0.1, 0.15) is 25.1 Å². The van der Waals surface area contributed by atoms with Crippen molar-refractivity contribution in [1.29, 1.82) is 0 Å². The number of rotatable bonds is 1. The van der Waals surface area contributed by atoms with Crippen LogP contribution < -0.4 is 11.2 Å². The van der Waals surface area contributed by atoms with E-state index in [4.69, 9.17) is 4.74 Å². The van der Waals surface area contributed by atoms with Crippen LogP contribution in [-0.4, -0.2) is 20.9 Å². The second-order valence-corrected chi connectivity index (χ2v) is 4.17. The van der Waals surface area contributed by atoms with E-state index in [1.807, 2.05) is 6.92 Å². The molecule has 2 N–H and O–H groups in total. The van der Waals surface area contributed by atoms with Crippen molar-refractivity contribution in [2.24, 2.45) is 5.92 Å². The zero-order chi connectivity index (χ0) is 11.9. The van der Waals surface area contributed by atoms with Crippen molar-refractivity contribution in [3.63, 3.8) is 0 Å². The highest BCUT2D eigenvalue weighted by Gasteiger charge is 2.32. The molecule has 0 radical (unpaired) electrons. The van der Waals surface area contributed by atoms with Crippen LogP contribution in [0.2, 0.25) is 0 Å². The Balaban J connectivity index is 2.39. The van der Waals surface area contributed by atoms with Gasteiger partial charge in [-0.05, 0) is 6.92 Å². The van der Waals surface area contributed by atoms with Gasteiger partial charge in [-0.1, -0.05) is 6.92 Å². The first-order chi connectivity index (χ1) is 7.49. The summed E-state index contributed by atoms with van der Waals surface area (Å²) in [7, 11) is 0. The van der Waals surface area contributed by atoms with E-state index in [2.05, 4.69) is 4.98 Å². The summed E-state index contributed by atoms with van der Waals surface area (Å²) in [6.45, 7) is 3.46. The Kier molecular flexibility index (Phi) is 2.69. The lowest BCUT2D eigenvalue weighted by Gasteiger charge is -2.13. The summed E-state index contributed by atoms with van der Waals surface area (Å²) < 4.78 is 6.54. The summed E-state index contributed by atoms with van der Waals surface area (Å²) >= 11 is 0. The minimum atomic E-state index is -0.857. The van der Waals surface area contributed by atoms with Gasteiger partial charge in [0.2, 0.25) is 0 Å². The number of hydrogen-bond acceptors (Lipinski definition) is 4. The Hall–Kier alpha value is -1.40. The molecule has 1 fully saturated rings. The highest BCUT2D eigenvalue weighted by atomic mass is 16.6. The predicted octanol–water partition coefficient (Wildman–Crippen LogP) is -0.282. The molecular weight excluding hydrogens is 212 g/mol. The molecule has 6 nitrogen and oxygen atoms in total. The van der Waals surface area contributed by atoms with E-state index in [0.717, 1.165) is 0 Å². The van der Waals surface area contributed by atoms with Crippen molar-refractivity contribution in [2.45, 2.75) is 32.8 Å². The van der Waals surface area contributed by atoms with Gasteiger partial charge in [0.1, 0.15) is 6.23 Å². The Morgan fingerprint density at radius 1 is 1.56 bits per heavy atom. The number of nitrogens with zero attached hydrogens (tertiary/aromatic N) is 1. The van der Waals surface area contributed by atoms with E-state index >= 15 is 0 Å². The zero-order valence-electron chi connectivity index (χ0n) is 9.14. The standard InChI is InChI=1S/C10H14N2O4/c1-5-3-7(16-9(5)14)12-4-6(2)8(13)11-10(12)15/h4-5,7,9,14H,3H2,1-2H3,(H,11,13,15). The van der Waals surface area contributed by atoms with Crippen molar-refractivity contribution in [3.05, 3.63) is 32.6 Å². The molecule has 3 unspecified atom stereocenters. The summed E-state index contributed by atoms with van der Waals surface area (Å²) in [5.41, 5.74) is -0.466. The van der Waals surface area contributed by atoms with E-state index in [1.54, 1.807) is 6.92 Å². The number of ether oxygens (including phenoxy) is 1. The van der Waals surface area contributed by atoms with Crippen molar-refractivity contribution < 1.29 is 9.84 Å². The lowest BCUT2D eigenvalue weighted by molar-refractivity contribution is -0.125.